The van der Waals surface area contributed by atoms with E-state index in [9.17, 15) is 14.7 Å². The van der Waals surface area contributed by atoms with Crippen LogP contribution in [0, 0.1) is 0 Å². The van der Waals surface area contributed by atoms with Crippen LogP contribution in [0.3, 0.4) is 0 Å². The van der Waals surface area contributed by atoms with Crippen molar-refractivity contribution in [1.29, 1.82) is 0 Å². The zero-order valence-electron chi connectivity index (χ0n) is 17.0. The van der Waals surface area contributed by atoms with E-state index in [1.165, 1.54) is 0 Å². The summed E-state index contributed by atoms with van der Waals surface area (Å²) in [4.78, 5) is 25.1. The first-order chi connectivity index (χ1) is 15.1. The Morgan fingerprint density at radius 2 is 1.55 bits per heavy atom. The molecule has 3 aromatic carbocycles. The lowest BCUT2D eigenvalue weighted by Crippen LogP contribution is -2.53. The fourth-order valence-corrected chi connectivity index (χ4v) is 5.05. The topological polar surface area (TPSA) is 75.6 Å². The summed E-state index contributed by atoms with van der Waals surface area (Å²) in [5.74, 6) is -1.13. The number of ether oxygens (including phenoxy) is 1. The third kappa shape index (κ3) is 3.17. The van der Waals surface area contributed by atoms with Gasteiger partial charge in [0.1, 0.15) is 6.61 Å². The highest BCUT2D eigenvalue weighted by Crippen LogP contribution is 2.44. The van der Waals surface area contributed by atoms with Crippen LogP contribution in [-0.4, -0.2) is 23.8 Å². The van der Waals surface area contributed by atoms with Crippen molar-refractivity contribution in [2.75, 3.05) is 6.61 Å². The van der Waals surface area contributed by atoms with Crippen molar-refractivity contribution in [1.82, 2.24) is 5.32 Å². The van der Waals surface area contributed by atoms with Crippen LogP contribution in [0.5, 0.6) is 0 Å². The number of nitrogens with one attached hydrogen (secondary N) is 1. The van der Waals surface area contributed by atoms with E-state index in [0.29, 0.717) is 18.4 Å². The van der Waals surface area contributed by atoms with Crippen LogP contribution in [-0.2, 0) is 21.5 Å². The van der Waals surface area contributed by atoms with Gasteiger partial charge in [-0.15, -0.1) is 0 Å². The van der Waals surface area contributed by atoms with Crippen LogP contribution in [0.4, 0.5) is 4.79 Å². The van der Waals surface area contributed by atoms with Crippen molar-refractivity contribution in [3.8, 4) is 11.1 Å². The number of carbonyl (C=O) groups is 2. The SMILES string of the molecule is O=C(NC1(C(=O)O)CCCc2ccccc21)OCC1c2ccccc2-c2ccccc21. The van der Waals surface area contributed by atoms with Gasteiger partial charge < -0.3 is 15.2 Å². The number of amides is 1. The fraction of sp³-hybridized carbons (Fsp3) is 0.231. The molecule has 0 aliphatic heterocycles. The molecule has 1 atom stereocenters. The van der Waals surface area contributed by atoms with Crippen LogP contribution in [0.25, 0.3) is 11.1 Å². The third-order valence-corrected chi connectivity index (χ3v) is 6.50. The lowest BCUT2D eigenvalue weighted by Gasteiger charge is -2.35. The molecule has 5 rings (SSSR count). The van der Waals surface area contributed by atoms with E-state index in [0.717, 1.165) is 34.2 Å². The van der Waals surface area contributed by atoms with Gasteiger partial charge >= 0.3 is 12.1 Å². The first-order valence-electron chi connectivity index (χ1n) is 10.5. The van der Waals surface area contributed by atoms with E-state index < -0.39 is 17.6 Å². The summed E-state index contributed by atoms with van der Waals surface area (Å²) < 4.78 is 5.62. The normalized spacial score (nSPS) is 19.1. The number of aliphatic carboxylic acids is 1. The van der Waals surface area contributed by atoms with E-state index in [1.807, 2.05) is 36.4 Å². The molecule has 1 unspecified atom stereocenters. The van der Waals surface area contributed by atoms with Crippen molar-refractivity contribution in [3.05, 3.63) is 95.1 Å². The second kappa shape index (κ2) is 7.58. The largest absolute Gasteiger partial charge is 0.479 e. The second-order valence-corrected chi connectivity index (χ2v) is 8.17. The first-order valence-corrected chi connectivity index (χ1v) is 10.5. The molecule has 0 spiro atoms. The predicted octanol–water partition coefficient (Wildman–Crippen LogP) is 4.84. The van der Waals surface area contributed by atoms with E-state index >= 15 is 0 Å². The Hall–Kier alpha value is -3.60. The lowest BCUT2D eigenvalue weighted by molar-refractivity contribution is -0.145. The van der Waals surface area contributed by atoms with Gasteiger partial charge in [0.05, 0.1) is 0 Å². The number of hydrogen-bond donors (Lipinski definition) is 2. The molecule has 31 heavy (non-hydrogen) atoms. The van der Waals surface area contributed by atoms with Crippen LogP contribution < -0.4 is 5.32 Å². The summed E-state index contributed by atoms with van der Waals surface area (Å²) in [6, 6.07) is 23.6. The predicted molar refractivity (Wildman–Crippen MR) is 117 cm³/mol. The van der Waals surface area contributed by atoms with Crippen molar-refractivity contribution in [2.24, 2.45) is 0 Å². The van der Waals surface area contributed by atoms with E-state index in [1.54, 1.807) is 12.1 Å². The molecular weight excluding hydrogens is 390 g/mol. The standard InChI is InChI=1S/C26H23NO4/c28-24(29)26(15-7-9-17-8-1-6-14-23(17)26)27-25(30)31-16-22-20-12-4-2-10-18(20)19-11-3-5-13-21(19)22/h1-6,8,10-14,22H,7,9,15-16H2,(H,27,30)(H,28,29). The Balaban J connectivity index is 1.38. The third-order valence-electron chi connectivity index (χ3n) is 6.50. The summed E-state index contributed by atoms with van der Waals surface area (Å²) in [5, 5.41) is 12.8. The monoisotopic (exact) mass is 413 g/mol. The van der Waals surface area contributed by atoms with E-state index in [4.69, 9.17) is 4.74 Å². The second-order valence-electron chi connectivity index (χ2n) is 8.17. The van der Waals surface area contributed by atoms with Crippen LogP contribution in [0.2, 0.25) is 0 Å². The summed E-state index contributed by atoms with van der Waals surface area (Å²) in [6.45, 7) is 0.150. The van der Waals surface area contributed by atoms with Crippen LogP contribution in [0.15, 0.2) is 72.8 Å². The summed E-state index contributed by atoms with van der Waals surface area (Å²) >= 11 is 0. The highest BCUT2D eigenvalue weighted by molar-refractivity contribution is 5.87. The van der Waals surface area contributed by atoms with Gasteiger partial charge in [0.15, 0.2) is 5.54 Å². The molecule has 3 aromatic rings. The number of carbonyl (C=O) groups excluding carboxylic acids is 1. The number of fused-ring (bicyclic) bond motifs is 4. The fourth-order valence-electron chi connectivity index (χ4n) is 5.05. The maximum absolute atomic E-state index is 12.8. The Kier molecular flexibility index (Phi) is 4.74. The quantitative estimate of drug-likeness (QED) is 0.642. The van der Waals surface area contributed by atoms with Gasteiger partial charge in [0.2, 0.25) is 0 Å². The zero-order chi connectivity index (χ0) is 21.4. The van der Waals surface area contributed by atoms with Crippen molar-refractivity contribution < 1.29 is 19.4 Å². The molecule has 0 saturated heterocycles. The van der Waals surface area contributed by atoms with Crippen LogP contribution >= 0.6 is 0 Å². The smallest absolute Gasteiger partial charge is 0.408 e. The molecule has 2 N–H and O–H groups in total. The molecule has 0 aromatic heterocycles. The maximum Gasteiger partial charge on any atom is 0.408 e. The van der Waals surface area contributed by atoms with Gasteiger partial charge in [0, 0.05) is 5.92 Å². The molecule has 5 nitrogen and oxygen atoms in total. The molecule has 1 amide bonds. The average molecular weight is 413 g/mol. The highest BCUT2D eigenvalue weighted by atomic mass is 16.5. The van der Waals surface area contributed by atoms with Gasteiger partial charge in [-0.05, 0) is 52.6 Å². The van der Waals surface area contributed by atoms with Crippen molar-refractivity contribution in [3.63, 3.8) is 0 Å². The molecular formula is C26H23NO4. The Morgan fingerprint density at radius 1 is 0.935 bits per heavy atom. The number of hydrogen-bond acceptors (Lipinski definition) is 3. The molecule has 0 bridgehead atoms. The Labute approximate surface area is 180 Å². The number of rotatable bonds is 4. The molecule has 0 saturated carbocycles. The summed E-state index contributed by atoms with van der Waals surface area (Å²) in [6.07, 6.45) is 1.12. The van der Waals surface area contributed by atoms with Crippen LogP contribution in [0.1, 0.15) is 41.0 Å². The Morgan fingerprint density at radius 3 is 2.23 bits per heavy atom. The average Bonchev–Trinajstić information content (AvgIpc) is 3.11. The van der Waals surface area contributed by atoms with Gasteiger partial charge in [-0.1, -0.05) is 72.8 Å². The summed E-state index contributed by atoms with van der Waals surface area (Å²) in [7, 11) is 0. The molecule has 2 aliphatic carbocycles. The van der Waals surface area contributed by atoms with E-state index in [2.05, 4.69) is 29.6 Å². The number of benzene rings is 3. The number of carboxylic acid groups (broad SMARTS) is 1. The molecule has 156 valence electrons. The van der Waals surface area contributed by atoms with Gasteiger partial charge in [0.25, 0.3) is 0 Å². The first kappa shape index (κ1) is 19.4. The lowest BCUT2D eigenvalue weighted by atomic mass is 9.76. The van der Waals surface area contributed by atoms with Crippen molar-refractivity contribution in [2.45, 2.75) is 30.7 Å². The van der Waals surface area contributed by atoms with E-state index in [-0.39, 0.29) is 12.5 Å². The van der Waals surface area contributed by atoms with Gasteiger partial charge in [-0.25, -0.2) is 9.59 Å². The summed E-state index contributed by atoms with van der Waals surface area (Å²) in [5.41, 5.74) is 4.67. The molecule has 0 radical (unpaired) electrons. The zero-order valence-corrected chi connectivity index (χ0v) is 17.0. The molecule has 0 heterocycles. The maximum atomic E-state index is 12.8. The van der Waals surface area contributed by atoms with Gasteiger partial charge in [-0.2, -0.15) is 0 Å². The molecule has 0 fully saturated rings. The molecule has 2 aliphatic rings. The van der Waals surface area contributed by atoms with Crippen molar-refractivity contribution >= 4 is 12.1 Å². The van der Waals surface area contributed by atoms with Gasteiger partial charge in [-0.3, -0.25) is 0 Å². The molecule has 5 heteroatoms. The number of carboxylic acids is 1. The minimum absolute atomic E-state index is 0.0717. The minimum Gasteiger partial charge on any atom is -0.479 e. The minimum atomic E-state index is -1.46. The number of aryl methyl sites for hydroxylation is 1. The highest BCUT2D eigenvalue weighted by Gasteiger charge is 2.45. The Bertz CT molecular complexity index is 1130. The number of alkyl carbamates (subject to hydrolysis) is 1.